The molecule has 2 aromatic rings. The third-order valence-electron chi connectivity index (χ3n) is 4.19. The van der Waals surface area contributed by atoms with Crippen LogP contribution in [0.5, 0.6) is 0 Å². The predicted octanol–water partition coefficient (Wildman–Crippen LogP) is 2.82. The lowest BCUT2D eigenvalue weighted by Crippen LogP contribution is -2.30. The first kappa shape index (κ1) is 14.1. The minimum atomic E-state index is -0.220. The highest BCUT2D eigenvalue weighted by atomic mass is 16.5. The molecule has 1 aliphatic heterocycles. The lowest BCUT2D eigenvalue weighted by molar-refractivity contribution is 0.0513. The van der Waals surface area contributed by atoms with Crippen LogP contribution in [0.1, 0.15) is 30.3 Å². The van der Waals surface area contributed by atoms with E-state index in [4.69, 9.17) is 4.74 Å². The molecule has 0 spiro atoms. The average molecular weight is 286 g/mol. The highest BCUT2D eigenvalue weighted by molar-refractivity contribution is 5.95. The van der Waals surface area contributed by atoms with Gasteiger partial charge in [0.1, 0.15) is 5.69 Å². The van der Waals surface area contributed by atoms with Crippen LogP contribution in [-0.2, 0) is 11.3 Å². The number of carbonyl (C=O) groups is 1. The summed E-state index contributed by atoms with van der Waals surface area (Å²) in [5.74, 6) is 0.401. The zero-order chi connectivity index (χ0) is 14.7. The number of hydrogen-bond acceptors (Lipinski definition) is 3. The van der Waals surface area contributed by atoms with E-state index in [1.54, 1.807) is 0 Å². The number of nitrogens with one attached hydrogen (secondary N) is 1. The average Bonchev–Trinajstić information content (AvgIpc) is 2.88. The summed E-state index contributed by atoms with van der Waals surface area (Å²) in [6.07, 6.45) is 2.32. The molecule has 1 N–H and O–H groups in total. The first-order valence-electron chi connectivity index (χ1n) is 7.75. The van der Waals surface area contributed by atoms with Crippen molar-refractivity contribution in [3.63, 3.8) is 0 Å². The van der Waals surface area contributed by atoms with Crippen molar-refractivity contribution in [3.05, 3.63) is 36.0 Å². The molecule has 1 aliphatic rings. The molecule has 0 radical (unpaired) electrons. The van der Waals surface area contributed by atoms with Gasteiger partial charge in [-0.15, -0.1) is 0 Å². The van der Waals surface area contributed by atoms with Crippen LogP contribution in [-0.4, -0.2) is 30.2 Å². The fraction of sp³-hybridized carbons (Fsp3) is 0.471. The normalized spacial score (nSPS) is 16.2. The van der Waals surface area contributed by atoms with Gasteiger partial charge in [0, 0.05) is 17.4 Å². The minimum Gasteiger partial charge on any atom is -0.461 e. The Labute approximate surface area is 125 Å². The van der Waals surface area contributed by atoms with Gasteiger partial charge < -0.3 is 14.6 Å². The minimum absolute atomic E-state index is 0.220. The molecule has 1 aromatic heterocycles. The van der Waals surface area contributed by atoms with E-state index in [0.29, 0.717) is 18.2 Å². The first-order chi connectivity index (χ1) is 10.3. The Morgan fingerprint density at radius 3 is 2.86 bits per heavy atom. The summed E-state index contributed by atoms with van der Waals surface area (Å²) < 4.78 is 7.36. The van der Waals surface area contributed by atoms with Gasteiger partial charge in [-0.3, -0.25) is 0 Å². The smallest absolute Gasteiger partial charge is 0.354 e. The SMILES string of the molecule is CCOC(=O)c1cc2ccccc2n1CC1CCNCC1. The Morgan fingerprint density at radius 2 is 2.10 bits per heavy atom. The number of esters is 1. The highest BCUT2D eigenvalue weighted by Gasteiger charge is 2.20. The lowest BCUT2D eigenvalue weighted by Gasteiger charge is -2.24. The largest absolute Gasteiger partial charge is 0.461 e. The molecule has 0 bridgehead atoms. The maximum atomic E-state index is 12.2. The second-order valence-electron chi connectivity index (χ2n) is 5.61. The number of rotatable bonds is 4. The molecule has 0 unspecified atom stereocenters. The topological polar surface area (TPSA) is 43.3 Å². The Kier molecular flexibility index (Phi) is 4.25. The van der Waals surface area contributed by atoms with Crippen LogP contribution in [0.3, 0.4) is 0 Å². The van der Waals surface area contributed by atoms with Crippen molar-refractivity contribution in [1.29, 1.82) is 0 Å². The van der Waals surface area contributed by atoms with E-state index in [1.807, 2.05) is 25.1 Å². The number of aromatic nitrogens is 1. The molecule has 1 saturated heterocycles. The second-order valence-corrected chi connectivity index (χ2v) is 5.61. The predicted molar refractivity (Wildman–Crippen MR) is 83.5 cm³/mol. The van der Waals surface area contributed by atoms with Crippen LogP contribution >= 0.6 is 0 Å². The van der Waals surface area contributed by atoms with Crippen molar-refractivity contribution >= 4 is 16.9 Å². The van der Waals surface area contributed by atoms with Crippen LogP contribution in [0, 0.1) is 5.92 Å². The number of hydrogen-bond donors (Lipinski definition) is 1. The molecule has 3 rings (SSSR count). The standard InChI is InChI=1S/C17H22N2O2/c1-2-21-17(20)16-11-14-5-3-4-6-15(14)19(16)12-13-7-9-18-10-8-13/h3-6,11,13,18H,2,7-10,12H2,1H3. The van der Waals surface area contributed by atoms with E-state index in [0.717, 1.165) is 43.4 Å². The second kappa shape index (κ2) is 6.31. The van der Waals surface area contributed by atoms with E-state index in [2.05, 4.69) is 22.0 Å². The molecule has 0 saturated carbocycles. The highest BCUT2D eigenvalue weighted by Crippen LogP contribution is 2.24. The Balaban J connectivity index is 1.96. The molecule has 4 nitrogen and oxygen atoms in total. The van der Waals surface area contributed by atoms with E-state index < -0.39 is 0 Å². The molecular formula is C17H22N2O2. The molecule has 112 valence electrons. The van der Waals surface area contributed by atoms with Crippen molar-refractivity contribution in [3.8, 4) is 0 Å². The summed E-state index contributed by atoms with van der Waals surface area (Å²) in [6, 6.07) is 10.1. The van der Waals surface area contributed by atoms with Gasteiger partial charge in [-0.05, 0) is 50.9 Å². The van der Waals surface area contributed by atoms with Crippen LogP contribution < -0.4 is 5.32 Å². The van der Waals surface area contributed by atoms with E-state index >= 15 is 0 Å². The molecule has 0 atom stereocenters. The molecule has 4 heteroatoms. The number of carbonyl (C=O) groups excluding carboxylic acids is 1. The van der Waals surface area contributed by atoms with Crippen LogP contribution in [0.2, 0.25) is 0 Å². The van der Waals surface area contributed by atoms with Crippen molar-refractivity contribution in [1.82, 2.24) is 9.88 Å². The first-order valence-corrected chi connectivity index (χ1v) is 7.75. The van der Waals surface area contributed by atoms with E-state index in [9.17, 15) is 4.79 Å². The third-order valence-corrected chi connectivity index (χ3v) is 4.19. The fourth-order valence-corrected chi connectivity index (χ4v) is 3.10. The number of para-hydroxylation sites is 1. The number of nitrogens with zero attached hydrogens (tertiary/aromatic N) is 1. The van der Waals surface area contributed by atoms with Crippen LogP contribution in [0.15, 0.2) is 30.3 Å². The summed E-state index contributed by atoms with van der Waals surface area (Å²) in [5.41, 5.74) is 1.80. The number of fused-ring (bicyclic) bond motifs is 1. The fourth-order valence-electron chi connectivity index (χ4n) is 3.10. The quantitative estimate of drug-likeness (QED) is 0.879. The van der Waals surface area contributed by atoms with Crippen molar-refractivity contribution in [2.75, 3.05) is 19.7 Å². The summed E-state index contributed by atoms with van der Waals surface area (Å²) >= 11 is 0. The molecule has 1 aromatic carbocycles. The third kappa shape index (κ3) is 2.95. The number of ether oxygens (including phenoxy) is 1. The Bertz CT molecular complexity index is 627. The summed E-state index contributed by atoms with van der Waals surface area (Å²) in [5, 5.41) is 4.49. The zero-order valence-electron chi connectivity index (χ0n) is 12.5. The van der Waals surface area contributed by atoms with Gasteiger partial charge in [0.05, 0.1) is 6.61 Å². The monoisotopic (exact) mass is 286 g/mol. The maximum absolute atomic E-state index is 12.2. The Morgan fingerprint density at radius 1 is 1.33 bits per heavy atom. The van der Waals surface area contributed by atoms with Gasteiger partial charge in [-0.25, -0.2) is 4.79 Å². The van der Waals surface area contributed by atoms with Crippen molar-refractivity contribution < 1.29 is 9.53 Å². The molecule has 0 amide bonds. The Hall–Kier alpha value is -1.81. The van der Waals surface area contributed by atoms with Crippen LogP contribution in [0.4, 0.5) is 0 Å². The van der Waals surface area contributed by atoms with Gasteiger partial charge in [-0.2, -0.15) is 0 Å². The van der Waals surface area contributed by atoms with Crippen molar-refractivity contribution in [2.45, 2.75) is 26.3 Å². The van der Waals surface area contributed by atoms with Gasteiger partial charge in [0.2, 0.25) is 0 Å². The van der Waals surface area contributed by atoms with E-state index in [1.165, 1.54) is 0 Å². The number of benzene rings is 1. The van der Waals surface area contributed by atoms with Gasteiger partial charge in [-0.1, -0.05) is 18.2 Å². The molecule has 21 heavy (non-hydrogen) atoms. The van der Waals surface area contributed by atoms with E-state index in [-0.39, 0.29) is 5.97 Å². The summed E-state index contributed by atoms with van der Waals surface area (Å²) in [4.78, 5) is 12.2. The molecule has 2 heterocycles. The number of piperidine rings is 1. The van der Waals surface area contributed by atoms with Gasteiger partial charge >= 0.3 is 5.97 Å². The van der Waals surface area contributed by atoms with Gasteiger partial charge in [0.25, 0.3) is 0 Å². The molecule has 0 aliphatic carbocycles. The molecule has 1 fully saturated rings. The zero-order valence-corrected chi connectivity index (χ0v) is 12.5. The summed E-state index contributed by atoms with van der Waals surface area (Å²) in [6.45, 7) is 5.28. The lowest BCUT2D eigenvalue weighted by atomic mass is 9.98. The molecular weight excluding hydrogens is 264 g/mol. The maximum Gasteiger partial charge on any atom is 0.354 e. The summed E-state index contributed by atoms with van der Waals surface area (Å²) in [7, 11) is 0. The van der Waals surface area contributed by atoms with Crippen LogP contribution in [0.25, 0.3) is 10.9 Å². The van der Waals surface area contributed by atoms with Gasteiger partial charge in [0.15, 0.2) is 0 Å². The van der Waals surface area contributed by atoms with Crippen molar-refractivity contribution in [2.24, 2.45) is 5.92 Å².